The zero-order valence-electron chi connectivity index (χ0n) is 16.5. The highest BCUT2D eigenvalue weighted by atomic mass is 16.5. The van der Waals surface area contributed by atoms with Gasteiger partial charge in [-0.3, -0.25) is 9.88 Å². The Morgan fingerprint density at radius 1 is 1.07 bits per heavy atom. The summed E-state index contributed by atoms with van der Waals surface area (Å²) in [6, 6.07) is 7.30. The highest BCUT2D eigenvalue weighted by Crippen LogP contribution is 2.39. The molecular weight excluding hydrogens is 360 g/mol. The van der Waals surface area contributed by atoms with Crippen molar-refractivity contribution in [3.8, 4) is 17.2 Å². The molecule has 1 aliphatic rings. The molecule has 2 amide bonds. The molecule has 28 heavy (non-hydrogen) atoms. The van der Waals surface area contributed by atoms with Crippen LogP contribution in [0.25, 0.3) is 0 Å². The lowest BCUT2D eigenvalue weighted by Crippen LogP contribution is -2.49. The molecule has 2 heterocycles. The van der Waals surface area contributed by atoms with Gasteiger partial charge in [0.1, 0.15) is 0 Å². The monoisotopic (exact) mass is 386 g/mol. The molecule has 8 nitrogen and oxygen atoms in total. The van der Waals surface area contributed by atoms with Crippen LogP contribution in [0.4, 0.5) is 10.5 Å². The van der Waals surface area contributed by atoms with E-state index in [4.69, 9.17) is 14.2 Å². The lowest BCUT2D eigenvalue weighted by Gasteiger charge is -2.34. The highest BCUT2D eigenvalue weighted by Gasteiger charge is 2.22. The maximum Gasteiger partial charge on any atom is 0.321 e. The summed E-state index contributed by atoms with van der Waals surface area (Å²) in [5.41, 5.74) is 1.77. The number of nitrogens with zero attached hydrogens (tertiary/aromatic N) is 3. The van der Waals surface area contributed by atoms with Crippen LogP contribution in [0.1, 0.15) is 5.56 Å². The predicted molar refractivity (Wildman–Crippen MR) is 106 cm³/mol. The van der Waals surface area contributed by atoms with Gasteiger partial charge in [-0.2, -0.15) is 0 Å². The lowest BCUT2D eigenvalue weighted by atomic mass is 10.2. The number of carbonyl (C=O) groups is 1. The summed E-state index contributed by atoms with van der Waals surface area (Å²) in [5, 5.41) is 2.92. The van der Waals surface area contributed by atoms with Gasteiger partial charge in [-0.05, 0) is 11.6 Å². The summed E-state index contributed by atoms with van der Waals surface area (Å²) < 4.78 is 16.0. The second kappa shape index (κ2) is 9.27. The first-order chi connectivity index (χ1) is 13.6. The van der Waals surface area contributed by atoms with Crippen LogP contribution in [0.3, 0.4) is 0 Å². The number of anilines is 1. The first-order valence-corrected chi connectivity index (χ1v) is 9.11. The van der Waals surface area contributed by atoms with Crippen LogP contribution >= 0.6 is 0 Å². The molecule has 0 atom stereocenters. The average molecular weight is 386 g/mol. The molecule has 0 aliphatic carbocycles. The summed E-state index contributed by atoms with van der Waals surface area (Å²) >= 11 is 0. The zero-order chi connectivity index (χ0) is 19.9. The molecule has 150 valence electrons. The van der Waals surface area contributed by atoms with E-state index in [1.807, 2.05) is 17.2 Å². The van der Waals surface area contributed by atoms with Gasteiger partial charge in [-0.15, -0.1) is 0 Å². The van der Waals surface area contributed by atoms with E-state index in [9.17, 15) is 4.79 Å². The minimum Gasteiger partial charge on any atom is -0.493 e. The van der Waals surface area contributed by atoms with Crippen molar-refractivity contribution in [2.24, 2.45) is 0 Å². The Kier molecular flexibility index (Phi) is 6.54. The van der Waals surface area contributed by atoms with Gasteiger partial charge in [-0.1, -0.05) is 6.07 Å². The quantitative estimate of drug-likeness (QED) is 0.822. The molecule has 1 aromatic carbocycles. The fourth-order valence-corrected chi connectivity index (χ4v) is 3.21. The highest BCUT2D eigenvalue weighted by molar-refractivity contribution is 5.90. The number of carbonyl (C=O) groups excluding carboxylic acids is 1. The first kappa shape index (κ1) is 19.8. The SMILES string of the molecule is COc1cc(NC(=O)N2CCN(Cc3cccnc3)CC2)cc(OC)c1OC. The number of benzene rings is 1. The third-order valence-corrected chi connectivity index (χ3v) is 4.70. The maximum atomic E-state index is 12.7. The number of pyridine rings is 1. The number of rotatable bonds is 6. The molecule has 2 aromatic rings. The van der Waals surface area contributed by atoms with E-state index in [-0.39, 0.29) is 6.03 Å². The average Bonchev–Trinajstić information content (AvgIpc) is 2.74. The number of hydrogen-bond acceptors (Lipinski definition) is 6. The fourth-order valence-electron chi connectivity index (χ4n) is 3.21. The molecule has 0 bridgehead atoms. The number of urea groups is 1. The van der Waals surface area contributed by atoms with Gasteiger partial charge in [-0.25, -0.2) is 4.79 Å². The van der Waals surface area contributed by atoms with E-state index in [2.05, 4.69) is 21.3 Å². The maximum absolute atomic E-state index is 12.7. The molecule has 8 heteroatoms. The van der Waals surface area contributed by atoms with Crippen LogP contribution in [0.15, 0.2) is 36.7 Å². The summed E-state index contributed by atoms with van der Waals surface area (Å²) in [4.78, 5) is 20.9. The first-order valence-electron chi connectivity index (χ1n) is 9.11. The Morgan fingerprint density at radius 2 is 1.75 bits per heavy atom. The van der Waals surface area contributed by atoms with Gasteiger partial charge in [0.25, 0.3) is 0 Å². The Hall–Kier alpha value is -3.00. The van der Waals surface area contributed by atoms with Crippen molar-refractivity contribution in [3.63, 3.8) is 0 Å². The van der Waals surface area contributed by atoms with Gasteiger partial charge >= 0.3 is 6.03 Å². The number of methoxy groups -OCH3 is 3. The lowest BCUT2D eigenvalue weighted by molar-refractivity contribution is 0.143. The van der Waals surface area contributed by atoms with E-state index >= 15 is 0 Å². The third-order valence-electron chi connectivity index (χ3n) is 4.70. The van der Waals surface area contributed by atoms with Gasteiger partial charge in [0, 0.05) is 57.3 Å². The Labute approximate surface area is 165 Å². The molecule has 1 fully saturated rings. The largest absolute Gasteiger partial charge is 0.493 e. The molecular formula is C20H26N4O4. The van der Waals surface area contributed by atoms with Gasteiger partial charge in [0.05, 0.1) is 27.0 Å². The van der Waals surface area contributed by atoms with Crippen LogP contribution in [-0.4, -0.2) is 68.3 Å². The van der Waals surface area contributed by atoms with Gasteiger partial charge in [0.15, 0.2) is 11.5 Å². The Morgan fingerprint density at radius 3 is 2.29 bits per heavy atom. The van der Waals surface area contributed by atoms with Gasteiger partial charge < -0.3 is 24.4 Å². The fraction of sp³-hybridized carbons (Fsp3) is 0.400. The van der Waals surface area contributed by atoms with E-state index in [1.54, 1.807) is 39.7 Å². The summed E-state index contributed by atoms with van der Waals surface area (Å²) in [5.74, 6) is 1.49. The molecule has 0 unspecified atom stereocenters. The van der Waals surface area contributed by atoms with Crippen LogP contribution in [0.5, 0.6) is 17.2 Å². The molecule has 0 saturated carbocycles. The molecule has 3 rings (SSSR count). The zero-order valence-corrected chi connectivity index (χ0v) is 16.5. The van der Waals surface area contributed by atoms with E-state index in [0.29, 0.717) is 36.0 Å². The number of hydrogen-bond donors (Lipinski definition) is 1. The number of ether oxygens (including phenoxy) is 3. The summed E-state index contributed by atoms with van der Waals surface area (Å²) in [6.45, 7) is 3.80. The second-order valence-corrected chi connectivity index (χ2v) is 6.47. The van der Waals surface area contributed by atoms with E-state index < -0.39 is 0 Å². The van der Waals surface area contributed by atoms with Crippen molar-refractivity contribution in [2.45, 2.75) is 6.54 Å². The van der Waals surface area contributed by atoms with E-state index in [0.717, 1.165) is 19.6 Å². The van der Waals surface area contributed by atoms with Crippen LogP contribution < -0.4 is 19.5 Å². The standard InChI is InChI=1S/C20H26N4O4/c1-26-17-11-16(12-18(27-2)19(17)28-3)22-20(25)24-9-7-23(8-10-24)14-15-5-4-6-21-13-15/h4-6,11-13H,7-10,14H2,1-3H3,(H,22,25). The number of aromatic nitrogens is 1. The molecule has 0 radical (unpaired) electrons. The van der Waals surface area contributed by atoms with Crippen molar-refractivity contribution < 1.29 is 19.0 Å². The van der Waals surface area contributed by atoms with Crippen molar-refractivity contribution in [2.75, 3.05) is 52.8 Å². The molecule has 1 aromatic heterocycles. The minimum atomic E-state index is -0.143. The Bertz CT molecular complexity index is 767. The Balaban J connectivity index is 1.58. The van der Waals surface area contributed by atoms with Crippen molar-refractivity contribution in [1.82, 2.24) is 14.8 Å². The molecule has 1 aliphatic heterocycles. The van der Waals surface area contributed by atoms with Gasteiger partial charge in [0.2, 0.25) is 5.75 Å². The molecule has 1 N–H and O–H groups in total. The third kappa shape index (κ3) is 4.64. The van der Waals surface area contributed by atoms with Crippen molar-refractivity contribution >= 4 is 11.7 Å². The topological polar surface area (TPSA) is 76.2 Å². The minimum absolute atomic E-state index is 0.143. The van der Waals surface area contributed by atoms with Crippen molar-refractivity contribution in [3.05, 3.63) is 42.2 Å². The number of nitrogens with one attached hydrogen (secondary N) is 1. The smallest absolute Gasteiger partial charge is 0.321 e. The number of amides is 2. The molecule has 0 spiro atoms. The normalized spacial score (nSPS) is 14.5. The van der Waals surface area contributed by atoms with Crippen LogP contribution in [-0.2, 0) is 6.54 Å². The van der Waals surface area contributed by atoms with E-state index in [1.165, 1.54) is 5.56 Å². The van der Waals surface area contributed by atoms with Crippen LogP contribution in [0, 0.1) is 0 Å². The summed E-state index contributed by atoms with van der Waals surface area (Å²) in [7, 11) is 4.64. The van der Waals surface area contributed by atoms with Crippen molar-refractivity contribution in [1.29, 1.82) is 0 Å². The predicted octanol–water partition coefficient (Wildman–Crippen LogP) is 2.46. The van der Waals surface area contributed by atoms with Crippen LogP contribution in [0.2, 0.25) is 0 Å². The second-order valence-electron chi connectivity index (χ2n) is 6.47. The summed E-state index contributed by atoms with van der Waals surface area (Å²) in [6.07, 6.45) is 3.65. The number of piperazine rings is 1. The molecule has 1 saturated heterocycles.